The first kappa shape index (κ1) is 28.1. The number of likely N-dealkylation sites (N-methyl/N-ethyl adjacent to an activating group) is 1. The van der Waals surface area contributed by atoms with Crippen molar-refractivity contribution < 1.29 is 5.11 Å². The summed E-state index contributed by atoms with van der Waals surface area (Å²) in [6, 6.07) is 19.4. The molecule has 2 fully saturated rings. The average molecular weight is 589 g/mol. The number of pyridine rings is 3. The van der Waals surface area contributed by atoms with Crippen LogP contribution in [0.3, 0.4) is 0 Å². The molecule has 1 saturated heterocycles. The third-order valence-corrected chi connectivity index (χ3v) is 8.92. The number of fused-ring (bicyclic) bond motifs is 1. The molecule has 0 atom stereocenters. The number of aliphatic hydroxyl groups is 1. The first-order valence-electron chi connectivity index (χ1n) is 15.2. The molecule has 0 amide bonds. The molecular formula is C35H36N6O3. The highest BCUT2D eigenvalue weighted by Gasteiger charge is 2.24. The Morgan fingerprint density at radius 3 is 2.48 bits per heavy atom. The van der Waals surface area contributed by atoms with Gasteiger partial charge >= 0.3 is 0 Å². The molecule has 0 spiro atoms. The molecule has 5 aromatic rings. The Labute approximate surface area is 255 Å². The Kier molecular flexibility index (Phi) is 7.27. The van der Waals surface area contributed by atoms with E-state index in [0.717, 1.165) is 48.4 Å². The fourth-order valence-electron chi connectivity index (χ4n) is 6.16. The van der Waals surface area contributed by atoms with Gasteiger partial charge < -0.3 is 24.8 Å². The van der Waals surface area contributed by atoms with E-state index in [-0.39, 0.29) is 17.7 Å². The van der Waals surface area contributed by atoms with E-state index in [1.54, 1.807) is 30.1 Å². The van der Waals surface area contributed by atoms with Crippen LogP contribution in [0, 0.1) is 0 Å². The van der Waals surface area contributed by atoms with E-state index in [9.17, 15) is 14.7 Å². The molecule has 3 aromatic heterocycles. The van der Waals surface area contributed by atoms with Gasteiger partial charge in [0.1, 0.15) is 11.5 Å². The van der Waals surface area contributed by atoms with E-state index < -0.39 is 0 Å². The maximum Gasteiger partial charge on any atom is 0.274 e. The largest absolute Gasteiger partial charge is 0.392 e. The van der Waals surface area contributed by atoms with Gasteiger partial charge in [0.05, 0.1) is 24.2 Å². The Morgan fingerprint density at radius 2 is 1.75 bits per heavy atom. The van der Waals surface area contributed by atoms with Gasteiger partial charge in [-0.15, -0.1) is 0 Å². The van der Waals surface area contributed by atoms with E-state index in [2.05, 4.69) is 39.3 Å². The van der Waals surface area contributed by atoms with Crippen LogP contribution in [0.5, 0.6) is 0 Å². The summed E-state index contributed by atoms with van der Waals surface area (Å²) in [6.07, 6.45) is 7.78. The molecule has 0 bridgehead atoms. The van der Waals surface area contributed by atoms with Gasteiger partial charge in [0, 0.05) is 62.1 Å². The highest BCUT2D eigenvalue weighted by Crippen LogP contribution is 2.40. The number of piperazine rings is 1. The lowest BCUT2D eigenvalue weighted by atomic mass is 9.98. The normalized spacial score (nSPS) is 15.6. The van der Waals surface area contributed by atoms with Gasteiger partial charge in [0.25, 0.3) is 11.1 Å². The predicted octanol–water partition coefficient (Wildman–Crippen LogP) is 4.62. The fraction of sp³-hybridized carbons (Fsp3) is 0.286. The van der Waals surface area contributed by atoms with Crippen molar-refractivity contribution in [3.05, 3.63) is 111 Å². The first-order valence-corrected chi connectivity index (χ1v) is 15.2. The second-order valence-corrected chi connectivity index (χ2v) is 11.9. The van der Waals surface area contributed by atoms with Crippen LogP contribution in [-0.2, 0) is 13.7 Å². The summed E-state index contributed by atoms with van der Waals surface area (Å²) in [7, 11) is 3.83. The summed E-state index contributed by atoms with van der Waals surface area (Å²) in [4.78, 5) is 36.0. The molecule has 2 aromatic carbocycles. The Hall–Kier alpha value is -4.73. The van der Waals surface area contributed by atoms with Crippen LogP contribution in [0.2, 0.25) is 0 Å². The Balaban J connectivity index is 1.22. The topological polar surface area (TPSA) is 95.6 Å². The van der Waals surface area contributed by atoms with Crippen LogP contribution in [0.25, 0.3) is 27.6 Å². The predicted molar refractivity (Wildman–Crippen MR) is 175 cm³/mol. The molecule has 224 valence electrons. The average Bonchev–Trinajstić information content (AvgIpc) is 3.90. The molecule has 4 heterocycles. The number of aryl methyl sites for hydroxylation is 1. The maximum absolute atomic E-state index is 13.7. The number of rotatable bonds is 7. The fourth-order valence-corrected chi connectivity index (χ4v) is 6.16. The molecule has 9 heteroatoms. The van der Waals surface area contributed by atoms with Crippen molar-refractivity contribution in [2.45, 2.75) is 25.4 Å². The van der Waals surface area contributed by atoms with E-state index >= 15 is 0 Å². The zero-order valence-corrected chi connectivity index (χ0v) is 25.0. The third-order valence-electron chi connectivity index (χ3n) is 8.92. The monoisotopic (exact) mass is 588 g/mol. The van der Waals surface area contributed by atoms with Crippen molar-refractivity contribution in [3.8, 4) is 16.8 Å². The van der Waals surface area contributed by atoms with Gasteiger partial charge in [-0.3, -0.25) is 14.2 Å². The minimum Gasteiger partial charge on any atom is -0.392 e. The van der Waals surface area contributed by atoms with Crippen molar-refractivity contribution >= 4 is 28.0 Å². The second-order valence-electron chi connectivity index (χ2n) is 11.9. The third kappa shape index (κ3) is 5.29. The molecular weight excluding hydrogens is 552 g/mol. The number of anilines is 3. The van der Waals surface area contributed by atoms with Crippen LogP contribution >= 0.6 is 0 Å². The molecule has 44 heavy (non-hydrogen) atoms. The van der Waals surface area contributed by atoms with Gasteiger partial charge in [0.15, 0.2) is 0 Å². The SMILES string of the molecule is CN1CCN(c2ccc(Nc3cc(-c4cccc(-n5ccc6cc(C7CC7)ccc6c5=O)c4CO)cn(C)c3=O)nc2)CC1. The summed E-state index contributed by atoms with van der Waals surface area (Å²) in [5.41, 5.74) is 5.05. The first-order chi connectivity index (χ1) is 21.4. The van der Waals surface area contributed by atoms with Crippen molar-refractivity contribution in [3.63, 3.8) is 0 Å². The zero-order chi connectivity index (χ0) is 30.4. The number of nitrogens with zero attached hydrogens (tertiary/aromatic N) is 5. The minimum absolute atomic E-state index is 0.134. The highest BCUT2D eigenvalue weighted by molar-refractivity contribution is 5.83. The number of aliphatic hydroxyl groups excluding tert-OH is 1. The van der Waals surface area contributed by atoms with Gasteiger partial charge in [-0.2, -0.15) is 0 Å². The molecule has 1 saturated carbocycles. The summed E-state index contributed by atoms with van der Waals surface area (Å²) in [6.45, 7) is 3.64. The summed E-state index contributed by atoms with van der Waals surface area (Å²) in [5, 5.41) is 15.4. The minimum atomic E-state index is -0.280. The Bertz CT molecular complexity index is 1970. The number of nitrogens with one attached hydrogen (secondary N) is 1. The van der Waals surface area contributed by atoms with Crippen LogP contribution in [0.15, 0.2) is 88.8 Å². The van der Waals surface area contributed by atoms with Crippen LogP contribution < -0.4 is 21.3 Å². The number of hydrogen-bond donors (Lipinski definition) is 2. The van der Waals surface area contributed by atoms with Crippen molar-refractivity contribution in [1.82, 2.24) is 19.0 Å². The van der Waals surface area contributed by atoms with Crippen molar-refractivity contribution in [1.29, 1.82) is 0 Å². The lowest BCUT2D eigenvalue weighted by Crippen LogP contribution is -2.44. The van der Waals surface area contributed by atoms with E-state index in [1.165, 1.54) is 23.0 Å². The maximum atomic E-state index is 13.7. The number of benzene rings is 2. The molecule has 2 aliphatic rings. The van der Waals surface area contributed by atoms with Crippen LogP contribution in [-0.4, -0.2) is 57.4 Å². The molecule has 0 unspecified atom stereocenters. The van der Waals surface area contributed by atoms with Gasteiger partial charge in [-0.05, 0) is 78.7 Å². The van der Waals surface area contributed by atoms with E-state index in [4.69, 9.17) is 0 Å². The quantitative estimate of drug-likeness (QED) is 0.287. The molecule has 9 nitrogen and oxygen atoms in total. The highest BCUT2D eigenvalue weighted by atomic mass is 16.3. The van der Waals surface area contributed by atoms with Gasteiger partial charge in [0.2, 0.25) is 0 Å². The summed E-state index contributed by atoms with van der Waals surface area (Å²) < 4.78 is 3.12. The Morgan fingerprint density at radius 1 is 0.932 bits per heavy atom. The van der Waals surface area contributed by atoms with E-state index in [0.29, 0.717) is 34.1 Å². The van der Waals surface area contributed by atoms with Crippen molar-refractivity contribution in [2.24, 2.45) is 7.05 Å². The molecule has 0 radical (unpaired) electrons. The van der Waals surface area contributed by atoms with Crippen LogP contribution in [0.1, 0.15) is 29.9 Å². The standard InChI is InChI=1S/C35H36N6O3/c1-38-14-16-40(17-15-38)27-9-11-33(36-20-27)37-31-19-26(21-39(2)35(31)44)28-4-3-5-32(30(28)22-42)41-13-12-25-18-24(23-6-7-23)8-10-29(25)34(41)43/h3-5,8-13,18-21,23,42H,6-7,14-17,22H2,1-2H3,(H,36,37). The lowest BCUT2D eigenvalue weighted by molar-refractivity contribution is 0.282. The van der Waals surface area contributed by atoms with Crippen molar-refractivity contribution in [2.75, 3.05) is 43.4 Å². The van der Waals surface area contributed by atoms with Crippen LogP contribution in [0.4, 0.5) is 17.2 Å². The molecule has 1 aliphatic carbocycles. The summed E-state index contributed by atoms with van der Waals surface area (Å²) in [5.74, 6) is 1.18. The van der Waals surface area contributed by atoms with E-state index in [1.807, 2.05) is 48.7 Å². The molecule has 1 aliphatic heterocycles. The van der Waals surface area contributed by atoms with Gasteiger partial charge in [-0.1, -0.05) is 24.3 Å². The summed E-state index contributed by atoms with van der Waals surface area (Å²) >= 11 is 0. The molecule has 7 rings (SSSR count). The lowest BCUT2D eigenvalue weighted by Gasteiger charge is -2.33. The smallest absolute Gasteiger partial charge is 0.274 e. The van der Waals surface area contributed by atoms with Gasteiger partial charge in [-0.25, -0.2) is 4.98 Å². The zero-order valence-electron chi connectivity index (χ0n) is 25.0. The molecule has 2 N–H and O–H groups in total. The second kappa shape index (κ2) is 11.4. The number of aromatic nitrogens is 3. The number of hydrogen-bond acceptors (Lipinski definition) is 7.